The van der Waals surface area contributed by atoms with Crippen molar-refractivity contribution in [3.05, 3.63) is 75.1 Å². The average Bonchev–Trinajstić information content (AvgIpc) is 2.79. The van der Waals surface area contributed by atoms with Crippen molar-refractivity contribution < 1.29 is 13.9 Å². The van der Waals surface area contributed by atoms with Gasteiger partial charge in [-0.25, -0.2) is 4.79 Å². The highest BCUT2D eigenvalue weighted by atomic mass is 16.5. The third-order valence-corrected chi connectivity index (χ3v) is 6.51. The number of fused-ring (bicyclic) bond motifs is 1. The van der Waals surface area contributed by atoms with Gasteiger partial charge in [0.15, 0.2) is 6.10 Å². The van der Waals surface area contributed by atoms with Crippen LogP contribution >= 0.6 is 0 Å². The van der Waals surface area contributed by atoms with Crippen LogP contribution in [0.15, 0.2) is 51.7 Å². The normalized spacial score (nSPS) is 16.0. The van der Waals surface area contributed by atoms with Crippen molar-refractivity contribution in [1.29, 1.82) is 0 Å². The van der Waals surface area contributed by atoms with Crippen molar-refractivity contribution in [2.45, 2.75) is 59.2 Å². The van der Waals surface area contributed by atoms with E-state index in [2.05, 4.69) is 34.5 Å². The number of nitrogens with zero attached hydrogens (tertiary/aromatic N) is 1. The molecule has 0 bridgehead atoms. The molecule has 4 rings (SSSR count). The van der Waals surface area contributed by atoms with E-state index in [1.807, 2.05) is 32.0 Å². The molecule has 174 valence electrons. The Bertz CT molecular complexity index is 1190. The highest BCUT2D eigenvalue weighted by Crippen LogP contribution is 2.31. The Labute approximate surface area is 194 Å². The molecule has 1 atom stereocenters. The molecule has 1 amide bonds. The number of likely N-dealkylation sites (tertiary alicyclic amines) is 1. The highest BCUT2D eigenvalue weighted by molar-refractivity contribution is 5.89. The number of carbonyl (C=O) groups is 1. The molecular formula is C27H32N2O4. The van der Waals surface area contributed by atoms with Gasteiger partial charge in [-0.3, -0.25) is 9.69 Å². The lowest BCUT2D eigenvalue weighted by atomic mass is 10.0. The average molecular weight is 449 g/mol. The number of hydrogen-bond donors (Lipinski definition) is 1. The van der Waals surface area contributed by atoms with E-state index in [1.54, 1.807) is 13.8 Å². The number of aryl methyl sites for hydroxylation is 2. The largest absolute Gasteiger partial charge is 0.480 e. The zero-order valence-electron chi connectivity index (χ0n) is 19.8. The van der Waals surface area contributed by atoms with Crippen LogP contribution in [0.25, 0.3) is 11.0 Å². The summed E-state index contributed by atoms with van der Waals surface area (Å²) < 4.78 is 11.6. The Morgan fingerprint density at radius 3 is 2.52 bits per heavy atom. The first-order valence-electron chi connectivity index (χ1n) is 11.6. The second-order valence-electron chi connectivity index (χ2n) is 9.08. The van der Waals surface area contributed by atoms with Crippen LogP contribution in [0.2, 0.25) is 0 Å². The third kappa shape index (κ3) is 5.28. The zero-order chi connectivity index (χ0) is 23.5. The minimum atomic E-state index is -0.663. The lowest BCUT2D eigenvalue weighted by Crippen LogP contribution is -2.47. The van der Waals surface area contributed by atoms with Crippen LogP contribution in [-0.2, 0) is 11.3 Å². The van der Waals surface area contributed by atoms with Gasteiger partial charge in [0.1, 0.15) is 11.3 Å². The maximum atomic E-state index is 12.9. The molecular weight excluding hydrogens is 416 g/mol. The van der Waals surface area contributed by atoms with Crippen molar-refractivity contribution >= 4 is 16.9 Å². The van der Waals surface area contributed by atoms with Gasteiger partial charge in [-0.05, 0) is 69.4 Å². The molecule has 1 N–H and O–H groups in total. The number of ether oxygens (including phenoxy) is 1. The molecule has 1 aliphatic rings. The maximum Gasteiger partial charge on any atom is 0.339 e. The molecule has 0 aliphatic carbocycles. The van der Waals surface area contributed by atoms with E-state index in [9.17, 15) is 9.59 Å². The van der Waals surface area contributed by atoms with Crippen LogP contribution in [0.5, 0.6) is 5.75 Å². The number of rotatable bonds is 6. The van der Waals surface area contributed by atoms with Gasteiger partial charge in [0.2, 0.25) is 0 Å². The van der Waals surface area contributed by atoms with Gasteiger partial charge in [0.05, 0.1) is 5.39 Å². The second-order valence-corrected chi connectivity index (χ2v) is 9.08. The van der Waals surface area contributed by atoms with Crippen molar-refractivity contribution in [2.24, 2.45) is 0 Å². The van der Waals surface area contributed by atoms with E-state index in [0.29, 0.717) is 16.9 Å². The Morgan fingerprint density at radius 2 is 1.82 bits per heavy atom. The fourth-order valence-corrected chi connectivity index (χ4v) is 4.42. The van der Waals surface area contributed by atoms with Gasteiger partial charge in [0.25, 0.3) is 5.91 Å². The molecule has 2 heterocycles. The first-order chi connectivity index (χ1) is 15.8. The lowest BCUT2D eigenvalue weighted by Gasteiger charge is -2.33. The van der Waals surface area contributed by atoms with Crippen LogP contribution in [0.4, 0.5) is 0 Å². The fourth-order valence-electron chi connectivity index (χ4n) is 4.42. The summed E-state index contributed by atoms with van der Waals surface area (Å²) in [6, 6.07) is 14.3. The predicted octanol–water partition coefficient (Wildman–Crippen LogP) is 4.27. The van der Waals surface area contributed by atoms with E-state index in [0.717, 1.165) is 49.0 Å². The van der Waals surface area contributed by atoms with Crippen LogP contribution in [0.3, 0.4) is 0 Å². The lowest BCUT2D eigenvalue weighted by molar-refractivity contribution is -0.128. The molecule has 0 spiro atoms. The first-order valence-corrected chi connectivity index (χ1v) is 11.6. The van der Waals surface area contributed by atoms with Crippen molar-refractivity contribution in [1.82, 2.24) is 10.2 Å². The Hall–Kier alpha value is -3.12. The number of carbonyl (C=O) groups excluding carboxylic acids is 1. The SMILES string of the molecule is Cc1cc(O[C@@H](C)C(=O)NC2CCN(Cc3ccccc3)CC2)c2c(C)c(C)c(=O)oc2c1. The number of hydrogen-bond acceptors (Lipinski definition) is 5. The summed E-state index contributed by atoms with van der Waals surface area (Å²) in [4.78, 5) is 27.4. The zero-order valence-corrected chi connectivity index (χ0v) is 19.8. The van der Waals surface area contributed by atoms with Crippen molar-refractivity contribution in [2.75, 3.05) is 13.1 Å². The second kappa shape index (κ2) is 9.79. The summed E-state index contributed by atoms with van der Waals surface area (Å²) in [5, 5.41) is 3.90. The molecule has 3 aromatic rings. The molecule has 6 nitrogen and oxygen atoms in total. The summed E-state index contributed by atoms with van der Waals surface area (Å²) in [6.45, 7) is 10.1. The van der Waals surface area contributed by atoms with Crippen molar-refractivity contribution in [3.8, 4) is 5.75 Å². The van der Waals surface area contributed by atoms with Gasteiger partial charge in [-0.1, -0.05) is 30.3 Å². The topological polar surface area (TPSA) is 71.8 Å². The van der Waals surface area contributed by atoms with E-state index in [4.69, 9.17) is 9.15 Å². The number of amides is 1. The smallest absolute Gasteiger partial charge is 0.339 e. The van der Waals surface area contributed by atoms with Crippen LogP contribution in [-0.4, -0.2) is 36.0 Å². The molecule has 0 unspecified atom stereocenters. The maximum absolute atomic E-state index is 12.9. The molecule has 1 saturated heterocycles. The number of nitrogens with one attached hydrogen (secondary N) is 1. The standard InChI is InChI=1S/C27H32N2O4/c1-17-14-23(25-18(2)19(3)27(31)33-24(25)15-17)32-20(4)26(30)28-22-10-12-29(13-11-22)16-21-8-6-5-7-9-21/h5-9,14-15,20,22H,10-13,16H2,1-4H3,(H,28,30)/t20-/m0/s1. The first kappa shape index (κ1) is 23.1. The minimum Gasteiger partial charge on any atom is -0.480 e. The molecule has 0 saturated carbocycles. The fraction of sp³-hybridized carbons (Fsp3) is 0.407. The van der Waals surface area contributed by atoms with Gasteiger partial charge in [-0.15, -0.1) is 0 Å². The Kier molecular flexibility index (Phi) is 6.84. The van der Waals surface area contributed by atoms with Crippen LogP contribution < -0.4 is 15.7 Å². The molecule has 2 aromatic carbocycles. The predicted molar refractivity (Wildman–Crippen MR) is 130 cm³/mol. The van der Waals surface area contributed by atoms with E-state index in [1.165, 1.54) is 5.56 Å². The van der Waals surface area contributed by atoms with Crippen LogP contribution in [0, 0.1) is 20.8 Å². The van der Waals surface area contributed by atoms with E-state index < -0.39 is 6.10 Å². The molecule has 1 aromatic heterocycles. The summed E-state index contributed by atoms with van der Waals surface area (Å²) in [5.74, 6) is 0.438. The molecule has 0 radical (unpaired) electrons. The highest BCUT2D eigenvalue weighted by Gasteiger charge is 2.24. The van der Waals surface area contributed by atoms with Gasteiger partial charge >= 0.3 is 5.63 Å². The summed E-state index contributed by atoms with van der Waals surface area (Å²) >= 11 is 0. The monoisotopic (exact) mass is 448 g/mol. The van der Waals surface area contributed by atoms with E-state index >= 15 is 0 Å². The summed E-state index contributed by atoms with van der Waals surface area (Å²) in [5.41, 5.74) is 3.72. The number of benzene rings is 2. The number of piperidine rings is 1. The van der Waals surface area contributed by atoms with E-state index in [-0.39, 0.29) is 17.6 Å². The summed E-state index contributed by atoms with van der Waals surface area (Å²) in [6.07, 6.45) is 1.17. The third-order valence-electron chi connectivity index (χ3n) is 6.51. The Morgan fingerprint density at radius 1 is 1.12 bits per heavy atom. The molecule has 1 aliphatic heterocycles. The minimum absolute atomic E-state index is 0.127. The quantitative estimate of drug-likeness (QED) is 0.571. The Balaban J connectivity index is 1.38. The molecule has 1 fully saturated rings. The van der Waals surface area contributed by atoms with Gasteiger partial charge < -0.3 is 14.5 Å². The molecule has 33 heavy (non-hydrogen) atoms. The van der Waals surface area contributed by atoms with Crippen molar-refractivity contribution in [3.63, 3.8) is 0 Å². The van der Waals surface area contributed by atoms with Crippen LogP contribution in [0.1, 0.15) is 42.0 Å². The van der Waals surface area contributed by atoms with Gasteiger partial charge in [0, 0.05) is 31.2 Å². The molecule has 6 heteroatoms. The van der Waals surface area contributed by atoms with Gasteiger partial charge in [-0.2, -0.15) is 0 Å². The summed E-state index contributed by atoms with van der Waals surface area (Å²) in [7, 11) is 0.